The number of halogens is 1. The lowest BCUT2D eigenvalue weighted by molar-refractivity contribution is 0.0206. The largest absolute Gasteiger partial charge is 0.381 e. The van der Waals surface area contributed by atoms with E-state index in [1.54, 1.807) is 12.4 Å². The molecule has 112 valence electrons. The second-order valence-corrected chi connectivity index (χ2v) is 5.93. The van der Waals surface area contributed by atoms with E-state index in [9.17, 15) is 0 Å². The van der Waals surface area contributed by atoms with Crippen LogP contribution in [0.3, 0.4) is 0 Å². The molecule has 0 spiro atoms. The fraction of sp³-hybridized carbons (Fsp3) is 0.467. The average Bonchev–Trinajstić information content (AvgIpc) is 3.00. The Labute approximate surface area is 132 Å². The molecule has 6 heteroatoms. The molecule has 1 saturated heterocycles. The molecule has 0 radical (unpaired) electrons. The molecule has 1 atom stereocenters. The first-order chi connectivity index (χ1) is 10.3. The maximum Gasteiger partial charge on any atom is 0.112 e. The standard InChI is InChI=1S/C15H18BrN3O2/c16-11-8-14-15(19-9-11)13(3-4-17-14)18-5-7-20-10-12-2-1-6-21-12/h3-4,8-9,12H,1-2,5-7,10H2,(H,17,18). The number of nitrogens with one attached hydrogen (secondary N) is 1. The van der Waals surface area contributed by atoms with Gasteiger partial charge in [0.1, 0.15) is 5.52 Å². The molecule has 0 saturated carbocycles. The second kappa shape index (κ2) is 7.15. The van der Waals surface area contributed by atoms with Crippen molar-refractivity contribution in [2.75, 3.05) is 31.7 Å². The highest BCUT2D eigenvalue weighted by molar-refractivity contribution is 9.10. The minimum absolute atomic E-state index is 0.283. The molecule has 2 aromatic heterocycles. The number of nitrogens with zero attached hydrogens (tertiary/aromatic N) is 2. The van der Waals surface area contributed by atoms with Gasteiger partial charge >= 0.3 is 0 Å². The van der Waals surface area contributed by atoms with Gasteiger partial charge in [0.25, 0.3) is 0 Å². The highest BCUT2D eigenvalue weighted by atomic mass is 79.9. The minimum Gasteiger partial charge on any atom is -0.381 e. The first kappa shape index (κ1) is 14.7. The lowest BCUT2D eigenvalue weighted by Gasteiger charge is -2.12. The monoisotopic (exact) mass is 351 g/mol. The van der Waals surface area contributed by atoms with Gasteiger partial charge in [-0.05, 0) is 40.9 Å². The van der Waals surface area contributed by atoms with E-state index in [-0.39, 0.29) is 6.10 Å². The van der Waals surface area contributed by atoms with Crippen LogP contribution in [0, 0.1) is 0 Å². The molecule has 1 fully saturated rings. The van der Waals surface area contributed by atoms with Gasteiger partial charge in [-0.3, -0.25) is 9.97 Å². The van der Waals surface area contributed by atoms with Crippen LogP contribution in [-0.2, 0) is 9.47 Å². The van der Waals surface area contributed by atoms with Crippen molar-refractivity contribution >= 4 is 32.7 Å². The maximum absolute atomic E-state index is 5.64. The second-order valence-electron chi connectivity index (χ2n) is 5.02. The van der Waals surface area contributed by atoms with E-state index in [0.29, 0.717) is 13.2 Å². The van der Waals surface area contributed by atoms with Gasteiger partial charge in [0.05, 0.1) is 30.5 Å². The fourth-order valence-corrected chi connectivity index (χ4v) is 2.72. The van der Waals surface area contributed by atoms with Crippen LogP contribution in [0.4, 0.5) is 5.69 Å². The van der Waals surface area contributed by atoms with E-state index in [0.717, 1.165) is 47.2 Å². The molecule has 1 aliphatic rings. The van der Waals surface area contributed by atoms with Crippen LogP contribution in [0.2, 0.25) is 0 Å². The third-order valence-corrected chi connectivity index (χ3v) is 3.87. The van der Waals surface area contributed by atoms with Gasteiger partial charge in [-0.25, -0.2) is 0 Å². The predicted octanol–water partition coefficient (Wildman–Crippen LogP) is 3.00. The minimum atomic E-state index is 0.283. The highest BCUT2D eigenvalue weighted by Crippen LogP contribution is 2.21. The number of anilines is 1. The average molecular weight is 352 g/mol. The molecule has 0 amide bonds. The number of rotatable bonds is 6. The molecular weight excluding hydrogens is 334 g/mol. The Morgan fingerprint density at radius 1 is 1.43 bits per heavy atom. The van der Waals surface area contributed by atoms with Crippen molar-refractivity contribution < 1.29 is 9.47 Å². The molecule has 1 aliphatic heterocycles. The van der Waals surface area contributed by atoms with Crippen LogP contribution in [0.25, 0.3) is 11.0 Å². The normalized spacial score (nSPS) is 18.2. The Morgan fingerprint density at radius 3 is 3.24 bits per heavy atom. The van der Waals surface area contributed by atoms with Gasteiger partial charge in [-0.1, -0.05) is 0 Å². The molecule has 1 N–H and O–H groups in total. The topological polar surface area (TPSA) is 56.3 Å². The number of pyridine rings is 2. The summed E-state index contributed by atoms with van der Waals surface area (Å²) < 4.78 is 12.1. The van der Waals surface area contributed by atoms with Gasteiger partial charge in [0.2, 0.25) is 0 Å². The Hall–Kier alpha value is -1.24. The van der Waals surface area contributed by atoms with Gasteiger partial charge in [-0.15, -0.1) is 0 Å². The number of aromatic nitrogens is 2. The number of hydrogen-bond donors (Lipinski definition) is 1. The summed E-state index contributed by atoms with van der Waals surface area (Å²) >= 11 is 3.41. The Bertz CT molecular complexity index is 602. The van der Waals surface area contributed by atoms with Crippen LogP contribution in [0.1, 0.15) is 12.8 Å². The van der Waals surface area contributed by atoms with Crippen molar-refractivity contribution in [3.63, 3.8) is 0 Å². The van der Waals surface area contributed by atoms with Crippen molar-refractivity contribution in [3.05, 3.63) is 29.0 Å². The molecule has 5 nitrogen and oxygen atoms in total. The van der Waals surface area contributed by atoms with E-state index in [1.165, 1.54) is 0 Å². The number of ether oxygens (including phenoxy) is 2. The molecule has 0 bridgehead atoms. The lowest BCUT2D eigenvalue weighted by Crippen LogP contribution is -2.18. The van der Waals surface area contributed by atoms with Crippen molar-refractivity contribution in [2.24, 2.45) is 0 Å². The van der Waals surface area contributed by atoms with Crippen LogP contribution in [0.5, 0.6) is 0 Å². The lowest BCUT2D eigenvalue weighted by atomic mass is 10.2. The zero-order valence-electron chi connectivity index (χ0n) is 11.7. The molecular formula is C15H18BrN3O2. The zero-order valence-corrected chi connectivity index (χ0v) is 13.3. The third kappa shape index (κ3) is 3.90. The van der Waals surface area contributed by atoms with Crippen LogP contribution in [0.15, 0.2) is 29.0 Å². The summed E-state index contributed by atoms with van der Waals surface area (Å²) in [6.07, 6.45) is 6.11. The van der Waals surface area contributed by atoms with E-state index >= 15 is 0 Å². The summed E-state index contributed by atoms with van der Waals surface area (Å²) in [6.45, 7) is 2.95. The molecule has 1 unspecified atom stereocenters. The predicted molar refractivity (Wildman–Crippen MR) is 85.5 cm³/mol. The summed E-state index contributed by atoms with van der Waals surface area (Å²) in [5, 5.41) is 3.35. The van der Waals surface area contributed by atoms with E-state index in [4.69, 9.17) is 9.47 Å². The van der Waals surface area contributed by atoms with Gasteiger partial charge in [0, 0.05) is 30.0 Å². The van der Waals surface area contributed by atoms with Crippen molar-refractivity contribution in [1.82, 2.24) is 9.97 Å². The van der Waals surface area contributed by atoms with Crippen LogP contribution in [-0.4, -0.2) is 42.4 Å². The van der Waals surface area contributed by atoms with E-state index in [1.807, 2.05) is 12.1 Å². The summed E-state index contributed by atoms with van der Waals surface area (Å²) in [5.74, 6) is 0. The van der Waals surface area contributed by atoms with Crippen molar-refractivity contribution in [3.8, 4) is 0 Å². The van der Waals surface area contributed by atoms with Gasteiger partial charge in [0.15, 0.2) is 0 Å². The number of hydrogen-bond acceptors (Lipinski definition) is 5. The van der Waals surface area contributed by atoms with E-state index in [2.05, 4.69) is 31.2 Å². The molecule has 0 aromatic carbocycles. The molecule has 3 rings (SSSR count). The summed E-state index contributed by atoms with van der Waals surface area (Å²) in [5.41, 5.74) is 2.72. The zero-order chi connectivity index (χ0) is 14.5. The summed E-state index contributed by atoms with van der Waals surface area (Å²) in [7, 11) is 0. The molecule has 3 heterocycles. The van der Waals surface area contributed by atoms with Gasteiger partial charge < -0.3 is 14.8 Å². The Balaban J connectivity index is 1.50. The maximum atomic E-state index is 5.64. The first-order valence-electron chi connectivity index (χ1n) is 7.16. The van der Waals surface area contributed by atoms with Crippen LogP contribution >= 0.6 is 15.9 Å². The smallest absolute Gasteiger partial charge is 0.112 e. The quantitative estimate of drug-likeness (QED) is 0.810. The Kier molecular flexibility index (Phi) is 5.00. The first-order valence-corrected chi connectivity index (χ1v) is 7.96. The summed E-state index contributed by atoms with van der Waals surface area (Å²) in [4.78, 5) is 8.73. The van der Waals surface area contributed by atoms with Crippen LogP contribution < -0.4 is 5.32 Å². The molecule has 0 aliphatic carbocycles. The molecule has 2 aromatic rings. The highest BCUT2D eigenvalue weighted by Gasteiger charge is 2.14. The number of fused-ring (bicyclic) bond motifs is 1. The Morgan fingerprint density at radius 2 is 2.38 bits per heavy atom. The summed E-state index contributed by atoms with van der Waals surface area (Å²) in [6, 6.07) is 3.89. The molecule has 21 heavy (non-hydrogen) atoms. The SMILES string of the molecule is Brc1cnc2c(NCCOCC3CCCO3)ccnc2c1. The van der Waals surface area contributed by atoms with Crippen molar-refractivity contribution in [2.45, 2.75) is 18.9 Å². The van der Waals surface area contributed by atoms with Gasteiger partial charge in [-0.2, -0.15) is 0 Å². The van der Waals surface area contributed by atoms with Crippen molar-refractivity contribution in [1.29, 1.82) is 0 Å². The van der Waals surface area contributed by atoms with E-state index < -0.39 is 0 Å². The fourth-order valence-electron chi connectivity index (χ4n) is 2.40. The third-order valence-electron chi connectivity index (χ3n) is 3.43.